The van der Waals surface area contributed by atoms with Crippen LogP contribution >= 0.6 is 0 Å². The van der Waals surface area contributed by atoms with Gasteiger partial charge in [-0.25, -0.2) is 0 Å². The van der Waals surface area contributed by atoms with E-state index in [4.69, 9.17) is 66.3 Å². The molecular formula is C71H116O36. The molecule has 107 heavy (non-hydrogen) atoms. The van der Waals surface area contributed by atoms with Crippen LogP contribution in [0.25, 0.3) is 0 Å². The zero-order chi connectivity index (χ0) is 78.0. The van der Waals surface area contributed by atoms with E-state index in [0.29, 0.717) is 64.2 Å². The van der Waals surface area contributed by atoms with Crippen molar-refractivity contribution in [3.8, 4) is 0 Å². The molecule has 12 rings (SSSR count). The number of fused-ring (bicyclic) bond motifs is 7. The molecule has 616 valence electrons. The number of esters is 1. The van der Waals surface area contributed by atoms with E-state index < -0.39 is 281 Å². The molecule has 7 aliphatic heterocycles. The second-order valence-electron chi connectivity index (χ2n) is 34.1. The van der Waals surface area contributed by atoms with Crippen LogP contribution in [0.2, 0.25) is 0 Å². The number of carbonyl (C=O) groups is 1. The van der Waals surface area contributed by atoms with Gasteiger partial charge >= 0.3 is 5.97 Å². The largest absolute Gasteiger partial charge is 0.432 e. The summed E-state index contributed by atoms with van der Waals surface area (Å²) in [6, 6.07) is 0. The molecule has 0 aromatic carbocycles. The minimum absolute atomic E-state index is 0.0135. The van der Waals surface area contributed by atoms with Crippen molar-refractivity contribution in [1.82, 2.24) is 0 Å². The second kappa shape index (κ2) is 32.1. The van der Waals surface area contributed by atoms with Crippen molar-refractivity contribution >= 4 is 5.97 Å². The Balaban J connectivity index is 0.753. The van der Waals surface area contributed by atoms with Gasteiger partial charge in [-0.2, -0.15) is 0 Å². The minimum atomic E-state index is -2.01. The van der Waals surface area contributed by atoms with E-state index in [0.717, 1.165) is 5.57 Å². The third kappa shape index (κ3) is 14.8. The Kier molecular flexibility index (Phi) is 25.3. The maximum Gasteiger partial charge on any atom is 0.315 e. The van der Waals surface area contributed by atoms with Gasteiger partial charge in [-0.05, 0) is 117 Å². The van der Waals surface area contributed by atoms with Crippen LogP contribution in [-0.2, 0) is 71.1 Å². The first-order valence-electron chi connectivity index (χ1n) is 37.7. The molecule has 0 spiro atoms. The van der Waals surface area contributed by atoms with Crippen LogP contribution in [0.15, 0.2) is 11.6 Å². The van der Waals surface area contributed by atoms with Crippen LogP contribution in [0.5, 0.6) is 0 Å². The highest BCUT2D eigenvalue weighted by atomic mass is 16.8. The highest BCUT2D eigenvalue weighted by Gasteiger charge is 2.71. The monoisotopic (exact) mass is 1540 g/mol. The molecule has 11 fully saturated rings. The van der Waals surface area contributed by atoms with Crippen molar-refractivity contribution in [2.45, 2.75) is 335 Å². The zero-order valence-corrected chi connectivity index (χ0v) is 61.3. The molecule has 0 bridgehead atoms. The van der Waals surface area contributed by atoms with Gasteiger partial charge in [0, 0.05) is 5.41 Å². The normalized spacial score (nSPS) is 55.1. The number of aliphatic hydroxyl groups is 21. The van der Waals surface area contributed by atoms with E-state index in [1.54, 1.807) is 0 Å². The molecule has 3 unspecified atom stereocenters. The summed E-state index contributed by atoms with van der Waals surface area (Å²) in [5, 5.41) is 230. The summed E-state index contributed by atoms with van der Waals surface area (Å²) in [5.41, 5.74) is -2.77. The van der Waals surface area contributed by atoms with Gasteiger partial charge < -0.3 is 174 Å². The molecule has 7 saturated heterocycles. The first kappa shape index (κ1) is 84.3. The molecule has 0 amide bonds. The fourth-order valence-electron chi connectivity index (χ4n) is 20.5. The Morgan fingerprint density at radius 1 is 0.449 bits per heavy atom. The molecule has 21 N–H and O–H groups in total. The highest BCUT2D eigenvalue weighted by molar-refractivity contribution is 5.79. The zero-order valence-electron chi connectivity index (χ0n) is 61.3. The Labute approximate surface area is 618 Å². The topological polar surface area (TPSA) is 571 Å². The van der Waals surface area contributed by atoms with E-state index >= 15 is 4.79 Å². The summed E-state index contributed by atoms with van der Waals surface area (Å²) in [6.45, 7) is 11.8. The fraction of sp³-hybridized carbons (Fsp3) is 0.958. The predicted octanol–water partition coefficient (Wildman–Crippen LogP) is -6.90. The third-order valence-electron chi connectivity index (χ3n) is 27.4. The maximum absolute atomic E-state index is 15.4. The van der Waals surface area contributed by atoms with Gasteiger partial charge in [-0.15, -0.1) is 0 Å². The summed E-state index contributed by atoms with van der Waals surface area (Å²) in [7, 11) is 0. The molecule has 0 aromatic rings. The Hall–Kier alpha value is -2.15. The minimum Gasteiger partial charge on any atom is -0.432 e. The average Bonchev–Trinajstić information content (AvgIpc) is 0.673. The molecule has 5 aliphatic carbocycles. The van der Waals surface area contributed by atoms with E-state index in [1.807, 2.05) is 6.92 Å². The quantitative estimate of drug-likeness (QED) is 0.0325. The van der Waals surface area contributed by atoms with Crippen LogP contribution in [0.1, 0.15) is 120 Å². The van der Waals surface area contributed by atoms with Crippen molar-refractivity contribution in [3.63, 3.8) is 0 Å². The first-order chi connectivity index (χ1) is 50.3. The number of hydrogen-bond acceptors (Lipinski definition) is 36. The summed E-state index contributed by atoms with van der Waals surface area (Å²) < 4.78 is 84.0. The SMILES string of the molecule is C[C@@H]1O[C@@H](O[C@H]2[C@H](O)[C@@H](O)[C@H](OC[C@H]3O[C@@H](OC(=O)[C@]45CCC(C)(C)CC4C4=CCC6[C@@]7(C)CC[C@H](O[C@@H]8OC[C@H](O[C@@H]9O[C@H](CO)[C@@H](O)[C@H](O)[C@H]9O)[C@H](O)[C@H]8O[C@@H]8O[C@@H](C)[C@H](O)[C@@H](O[C@@H]9O[C@H](CO)[C@@H](O)[C@H](O)[C@H]9O)[C@H]8O)[C@@](C)(CO)C7CC[C@@]6(C)[C@]4(C)CC5)[C@H](O)[C@@H](O)[C@@H]3O)O[C@@H]2CO)[C@H](O)[C@H](O)[C@H]1O. The van der Waals surface area contributed by atoms with Crippen LogP contribution < -0.4 is 0 Å². The van der Waals surface area contributed by atoms with Crippen molar-refractivity contribution < 1.29 is 178 Å². The lowest BCUT2D eigenvalue weighted by Crippen LogP contribution is -2.67. The number of aliphatic hydroxyl groups excluding tert-OH is 21. The van der Waals surface area contributed by atoms with Crippen LogP contribution in [0.4, 0.5) is 0 Å². The van der Waals surface area contributed by atoms with E-state index in [9.17, 15) is 107 Å². The Bertz CT molecular complexity index is 3030. The van der Waals surface area contributed by atoms with E-state index in [1.165, 1.54) is 13.8 Å². The van der Waals surface area contributed by atoms with Crippen molar-refractivity contribution in [1.29, 1.82) is 0 Å². The van der Waals surface area contributed by atoms with Gasteiger partial charge in [-0.3, -0.25) is 4.79 Å². The number of rotatable bonds is 19. The standard InChI is InChI=1S/C71H116O36/c1-26-38(76)44(82)49(87)59(96-26)104-55-32(22-74)100-58(53(91)48(55)86)94-23-33-42(80)47(85)52(90)62(101-33)107-65(93)71-17-15-66(3,4)19-29(71)28-9-10-36-67(5)13-12-37(68(6,25-75)35(67)11-14-70(36,8)69(28,7)16-18-71)103-64-57(43(81)34(24-95-64)102-60-50(88)45(83)40(78)30(20-72)98-60)106-63-54(92)56(39(77)27(2)97-63)105-61-51(89)46(84)41(79)31(21-73)99-61/h9,26-27,29-64,72-92H,10-25H2,1-8H3/t26-,27-,29?,30+,31+,32+,33+,34-,35?,36?,37-,38-,39-,40+,41+,42+,43-,44+,45-,46-,47-,48+,49+,50+,51+,52+,53+,54+,55+,56+,57+,58+,59-,60-,61-,62-,63-,64-,67-,68-,69+,70+,71-/m0/s1. The number of allylic oxidation sites excluding steroid dienone is 2. The van der Waals surface area contributed by atoms with Gasteiger partial charge in [0.05, 0.1) is 63.4 Å². The molecule has 36 nitrogen and oxygen atoms in total. The summed E-state index contributed by atoms with van der Waals surface area (Å²) in [5.74, 6) is -1.31. The Morgan fingerprint density at radius 2 is 0.953 bits per heavy atom. The highest BCUT2D eigenvalue weighted by Crippen LogP contribution is 2.76. The molecule has 36 heteroatoms. The van der Waals surface area contributed by atoms with Crippen molar-refractivity contribution in [2.75, 3.05) is 39.6 Å². The summed E-state index contributed by atoms with van der Waals surface area (Å²) in [4.78, 5) is 15.4. The lowest BCUT2D eigenvalue weighted by atomic mass is 9.33. The number of ether oxygens (including phenoxy) is 14. The number of carbonyl (C=O) groups excluding carboxylic acids is 1. The molecule has 4 saturated carbocycles. The lowest BCUT2D eigenvalue weighted by molar-refractivity contribution is -0.391. The average molecular weight is 1550 g/mol. The predicted molar refractivity (Wildman–Crippen MR) is 353 cm³/mol. The lowest BCUT2D eigenvalue weighted by Gasteiger charge is -2.71. The molecular weight excluding hydrogens is 1430 g/mol. The van der Waals surface area contributed by atoms with Gasteiger partial charge in [0.15, 0.2) is 37.7 Å². The van der Waals surface area contributed by atoms with Gasteiger partial charge in [-0.1, -0.05) is 53.2 Å². The molecule has 0 aromatic heterocycles. The van der Waals surface area contributed by atoms with Crippen LogP contribution in [0, 0.1) is 50.2 Å². The van der Waals surface area contributed by atoms with Crippen LogP contribution in [-0.4, -0.2) is 368 Å². The van der Waals surface area contributed by atoms with E-state index in [2.05, 4.69) is 40.7 Å². The molecule has 7 heterocycles. The van der Waals surface area contributed by atoms with Crippen molar-refractivity contribution in [3.05, 3.63) is 11.6 Å². The summed E-state index contributed by atoms with van der Waals surface area (Å²) in [6.07, 6.45) is -51.5. The molecule has 0 radical (unpaired) electrons. The van der Waals surface area contributed by atoms with Crippen molar-refractivity contribution in [2.24, 2.45) is 50.2 Å². The van der Waals surface area contributed by atoms with Gasteiger partial charge in [0.25, 0.3) is 0 Å². The number of hydrogen-bond donors (Lipinski definition) is 21. The van der Waals surface area contributed by atoms with Gasteiger partial charge in [0.1, 0.15) is 153 Å². The van der Waals surface area contributed by atoms with E-state index in [-0.39, 0.29) is 29.8 Å². The first-order valence-corrected chi connectivity index (χ1v) is 37.7. The maximum atomic E-state index is 15.4. The smallest absolute Gasteiger partial charge is 0.315 e. The van der Waals surface area contributed by atoms with Crippen LogP contribution in [0.3, 0.4) is 0 Å². The Morgan fingerprint density at radius 3 is 1.56 bits per heavy atom. The molecule has 12 aliphatic rings. The third-order valence-corrected chi connectivity index (χ3v) is 27.4. The fourth-order valence-corrected chi connectivity index (χ4v) is 20.5. The van der Waals surface area contributed by atoms with Gasteiger partial charge in [0.2, 0.25) is 6.29 Å². The second-order valence-corrected chi connectivity index (χ2v) is 34.1. The summed E-state index contributed by atoms with van der Waals surface area (Å²) >= 11 is 0. The molecule has 43 atom stereocenters.